The molecule has 0 aliphatic heterocycles. The Kier molecular flexibility index (Phi) is 4.60. The van der Waals surface area contributed by atoms with Crippen molar-refractivity contribution in [1.29, 1.82) is 0 Å². The van der Waals surface area contributed by atoms with Gasteiger partial charge in [-0.25, -0.2) is 4.79 Å². The van der Waals surface area contributed by atoms with Crippen LogP contribution in [0, 0.1) is 11.3 Å². The SMILES string of the molecule is CCOC(=O)C1(Nc2ccccc2)CC(C)CC(C)(C)C1. The lowest BCUT2D eigenvalue weighted by molar-refractivity contribution is -0.152. The van der Waals surface area contributed by atoms with Crippen molar-refractivity contribution in [2.75, 3.05) is 11.9 Å². The molecule has 1 N–H and O–H groups in total. The maximum atomic E-state index is 12.7. The Morgan fingerprint density at radius 3 is 2.52 bits per heavy atom. The third-order valence-corrected chi connectivity index (χ3v) is 4.20. The van der Waals surface area contributed by atoms with Crippen LogP contribution in [-0.2, 0) is 9.53 Å². The van der Waals surface area contributed by atoms with Gasteiger partial charge in [0.1, 0.15) is 5.54 Å². The molecule has 116 valence electrons. The number of esters is 1. The second-order valence-corrected chi connectivity index (χ2v) is 7.15. The average Bonchev–Trinajstić information content (AvgIpc) is 2.37. The fourth-order valence-electron chi connectivity index (χ4n) is 3.94. The minimum Gasteiger partial charge on any atom is -0.464 e. The largest absolute Gasteiger partial charge is 0.464 e. The van der Waals surface area contributed by atoms with Crippen molar-refractivity contribution in [3.05, 3.63) is 30.3 Å². The fourth-order valence-corrected chi connectivity index (χ4v) is 3.94. The van der Waals surface area contributed by atoms with E-state index < -0.39 is 5.54 Å². The highest BCUT2D eigenvalue weighted by Crippen LogP contribution is 2.45. The highest BCUT2D eigenvalue weighted by molar-refractivity contribution is 5.85. The Morgan fingerprint density at radius 1 is 1.29 bits per heavy atom. The summed E-state index contributed by atoms with van der Waals surface area (Å²) in [5.41, 5.74) is 0.500. The standard InChI is InChI=1S/C18H27NO2/c1-5-21-16(20)18(19-15-9-7-6-8-10-15)12-14(2)11-17(3,4)13-18/h6-10,14,19H,5,11-13H2,1-4H3. The van der Waals surface area contributed by atoms with Crippen molar-refractivity contribution < 1.29 is 9.53 Å². The summed E-state index contributed by atoms with van der Waals surface area (Å²) in [4.78, 5) is 12.7. The number of benzene rings is 1. The van der Waals surface area contributed by atoms with E-state index in [9.17, 15) is 4.79 Å². The first-order valence-electron chi connectivity index (χ1n) is 7.87. The summed E-state index contributed by atoms with van der Waals surface area (Å²) < 4.78 is 5.40. The highest BCUT2D eigenvalue weighted by atomic mass is 16.5. The Hall–Kier alpha value is -1.51. The second-order valence-electron chi connectivity index (χ2n) is 7.15. The summed E-state index contributed by atoms with van der Waals surface area (Å²) in [7, 11) is 0. The maximum Gasteiger partial charge on any atom is 0.331 e. The van der Waals surface area contributed by atoms with Gasteiger partial charge in [-0.05, 0) is 49.7 Å². The monoisotopic (exact) mass is 289 g/mol. The fraction of sp³-hybridized carbons (Fsp3) is 0.611. The lowest BCUT2D eigenvalue weighted by atomic mass is 9.64. The smallest absolute Gasteiger partial charge is 0.331 e. The van der Waals surface area contributed by atoms with Crippen LogP contribution in [0.3, 0.4) is 0 Å². The van der Waals surface area contributed by atoms with Crippen LogP contribution >= 0.6 is 0 Å². The molecule has 1 aromatic rings. The normalized spacial score (nSPS) is 27.9. The molecule has 1 aromatic carbocycles. The van der Waals surface area contributed by atoms with E-state index in [-0.39, 0.29) is 11.4 Å². The molecule has 0 spiro atoms. The lowest BCUT2D eigenvalue weighted by Crippen LogP contribution is -2.54. The van der Waals surface area contributed by atoms with Gasteiger partial charge in [-0.2, -0.15) is 0 Å². The van der Waals surface area contributed by atoms with Gasteiger partial charge in [-0.3, -0.25) is 0 Å². The van der Waals surface area contributed by atoms with Crippen LogP contribution < -0.4 is 5.32 Å². The Balaban J connectivity index is 2.32. The molecule has 0 saturated heterocycles. The molecule has 3 heteroatoms. The number of carbonyl (C=O) groups excluding carboxylic acids is 1. The third-order valence-electron chi connectivity index (χ3n) is 4.20. The zero-order valence-corrected chi connectivity index (χ0v) is 13.6. The molecule has 0 radical (unpaired) electrons. The van der Waals surface area contributed by atoms with E-state index in [1.165, 1.54) is 0 Å². The van der Waals surface area contributed by atoms with Crippen molar-refractivity contribution in [3.63, 3.8) is 0 Å². The molecule has 0 bridgehead atoms. The third kappa shape index (κ3) is 3.78. The molecule has 0 aromatic heterocycles. The minimum absolute atomic E-state index is 0.117. The number of para-hydroxylation sites is 1. The van der Waals surface area contributed by atoms with Crippen molar-refractivity contribution in [1.82, 2.24) is 0 Å². The highest BCUT2D eigenvalue weighted by Gasteiger charge is 2.49. The zero-order chi connectivity index (χ0) is 15.5. The molecule has 1 saturated carbocycles. The minimum atomic E-state index is -0.613. The van der Waals surface area contributed by atoms with Crippen molar-refractivity contribution in [3.8, 4) is 0 Å². The molecule has 1 fully saturated rings. The molecule has 21 heavy (non-hydrogen) atoms. The zero-order valence-electron chi connectivity index (χ0n) is 13.6. The van der Waals surface area contributed by atoms with Crippen LogP contribution in [0.15, 0.2) is 30.3 Å². The average molecular weight is 289 g/mol. The number of hydrogen-bond acceptors (Lipinski definition) is 3. The van der Waals surface area contributed by atoms with E-state index in [2.05, 4.69) is 26.1 Å². The first-order chi connectivity index (χ1) is 9.87. The van der Waals surface area contributed by atoms with Crippen molar-refractivity contribution in [2.45, 2.75) is 52.5 Å². The van der Waals surface area contributed by atoms with E-state index in [1.54, 1.807) is 0 Å². The maximum absolute atomic E-state index is 12.7. The van der Waals surface area contributed by atoms with E-state index in [0.29, 0.717) is 12.5 Å². The molecule has 3 nitrogen and oxygen atoms in total. The van der Waals surface area contributed by atoms with Gasteiger partial charge in [0.15, 0.2) is 0 Å². The van der Waals surface area contributed by atoms with Crippen molar-refractivity contribution >= 4 is 11.7 Å². The lowest BCUT2D eigenvalue weighted by Gasteiger charge is -2.46. The summed E-state index contributed by atoms with van der Waals surface area (Å²) >= 11 is 0. The van der Waals surface area contributed by atoms with Gasteiger partial charge < -0.3 is 10.1 Å². The molecule has 1 aliphatic rings. The number of hydrogen-bond donors (Lipinski definition) is 1. The summed E-state index contributed by atoms with van der Waals surface area (Å²) in [6.07, 6.45) is 2.77. The molecular weight excluding hydrogens is 262 g/mol. The van der Waals surface area contributed by atoms with E-state index in [0.717, 1.165) is 24.9 Å². The molecule has 0 amide bonds. The molecule has 2 rings (SSSR count). The van der Waals surface area contributed by atoms with Crippen LogP contribution in [-0.4, -0.2) is 18.1 Å². The molecule has 0 heterocycles. The van der Waals surface area contributed by atoms with Gasteiger partial charge in [-0.1, -0.05) is 39.0 Å². The summed E-state index contributed by atoms with van der Waals surface area (Å²) in [5.74, 6) is 0.378. The van der Waals surface area contributed by atoms with E-state index in [1.807, 2.05) is 37.3 Å². The van der Waals surface area contributed by atoms with Gasteiger partial charge in [0.05, 0.1) is 6.61 Å². The number of carbonyl (C=O) groups is 1. The number of rotatable bonds is 4. The van der Waals surface area contributed by atoms with Gasteiger partial charge in [0, 0.05) is 5.69 Å². The molecule has 2 unspecified atom stereocenters. The van der Waals surface area contributed by atoms with Gasteiger partial charge in [0.25, 0.3) is 0 Å². The number of nitrogens with one attached hydrogen (secondary N) is 1. The van der Waals surface area contributed by atoms with Gasteiger partial charge in [0.2, 0.25) is 0 Å². The van der Waals surface area contributed by atoms with Gasteiger partial charge in [-0.15, -0.1) is 0 Å². The molecule has 2 atom stereocenters. The Labute approximate surface area is 128 Å². The topological polar surface area (TPSA) is 38.3 Å². The van der Waals surface area contributed by atoms with Crippen LogP contribution in [0.5, 0.6) is 0 Å². The second kappa shape index (κ2) is 6.08. The Morgan fingerprint density at radius 2 is 1.95 bits per heavy atom. The Bertz CT molecular complexity index is 483. The first-order valence-corrected chi connectivity index (χ1v) is 7.87. The summed E-state index contributed by atoms with van der Waals surface area (Å²) in [6.45, 7) is 8.99. The molecular formula is C18H27NO2. The van der Waals surface area contributed by atoms with Crippen LogP contribution in [0.4, 0.5) is 5.69 Å². The summed E-state index contributed by atoms with van der Waals surface area (Å²) in [6, 6.07) is 9.97. The van der Waals surface area contributed by atoms with Crippen LogP contribution in [0.2, 0.25) is 0 Å². The predicted octanol–water partition coefficient (Wildman–Crippen LogP) is 4.25. The number of anilines is 1. The quantitative estimate of drug-likeness (QED) is 0.842. The number of ether oxygens (including phenoxy) is 1. The molecule has 1 aliphatic carbocycles. The summed E-state index contributed by atoms with van der Waals surface area (Å²) in [5, 5.41) is 3.49. The van der Waals surface area contributed by atoms with Gasteiger partial charge >= 0.3 is 5.97 Å². The van der Waals surface area contributed by atoms with Crippen LogP contribution in [0.25, 0.3) is 0 Å². The van der Waals surface area contributed by atoms with E-state index in [4.69, 9.17) is 4.74 Å². The van der Waals surface area contributed by atoms with E-state index >= 15 is 0 Å². The van der Waals surface area contributed by atoms with Crippen molar-refractivity contribution in [2.24, 2.45) is 11.3 Å². The predicted molar refractivity (Wildman–Crippen MR) is 86.2 cm³/mol. The first kappa shape index (κ1) is 15.9. The van der Waals surface area contributed by atoms with Crippen LogP contribution in [0.1, 0.15) is 47.0 Å².